The Kier molecular flexibility index (Phi) is 4.76. The predicted octanol–water partition coefficient (Wildman–Crippen LogP) is -1.44. The second kappa shape index (κ2) is 6.72. The number of carbonyl (C=O) groups is 4. The van der Waals surface area contributed by atoms with E-state index in [0.717, 1.165) is 11.8 Å². The van der Waals surface area contributed by atoms with Gasteiger partial charge in [0.15, 0.2) is 0 Å². The van der Waals surface area contributed by atoms with E-state index in [9.17, 15) is 29.4 Å². The number of amidine groups is 1. The number of carboxylic acid groups (broad SMARTS) is 1. The van der Waals surface area contributed by atoms with Crippen molar-refractivity contribution in [2.24, 2.45) is 5.92 Å². The number of hydrogen-bond acceptors (Lipinski definition) is 7. The SMILES string of the molecule is C[C@@H](O)[C@H]1C(=O)N2C(C(=O)O)=C(SCC(=N)N3CC(=O)NC(=O)C3)C[C@H]12. The zero-order valence-electron chi connectivity index (χ0n) is 13.9. The number of amides is 3. The summed E-state index contributed by atoms with van der Waals surface area (Å²) >= 11 is 1.10. The molecule has 0 aromatic heterocycles. The fourth-order valence-corrected chi connectivity index (χ4v) is 4.54. The van der Waals surface area contributed by atoms with Crippen LogP contribution in [0.2, 0.25) is 0 Å². The highest BCUT2D eigenvalue weighted by atomic mass is 32.2. The fourth-order valence-electron chi connectivity index (χ4n) is 3.43. The van der Waals surface area contributed by atoms with E-state index < -0.39 is 35.7 Å². The van der Waals surface area contributed by atoms with E-state index in [1.165, 1.54) is 16.7 Å². The van der Waals surface area contributed by atoms with Gasteiger partial charge in [-0.2, -0.15) is 0 Å². The van der Waals surface area contributed by atoms with E-state index in [-0.39, 0.29) is 36.4 Å². The molecule has 0 bridgehead atoms. The van der Waals surface area contributed by atoms with Crippen molar-refractivity contribution in [3.63, 3.8) is 0 Å². The largest absolute Gasteiger partial charge is 0.477 e. The second-order valence-corrected chi connectivity index (χ2v) is 7.46. The molecule has 3 amide bonds. The topological polar surface area (TPSA) is 151 Å². The molecule has 0 aromatic carbocycles. The molecule has 0 aliphatic carbocycles. The van der Waals surface area contributed by atoms with Gasteiger partial charge in [-0.05, 0) is 6.92 Å². The molecule has 140 valence electrons. The van der Waals surface area contributed by atoms with Crippen molar-refractivity contribution in [1.82, 2.24) is 15.1 Å². The van der Waals surface area contributed by atoms with Gasteiger partial charge >= 0.3 is 5.97 Å². The molecule has 10 nitrogen and oxygen atoms in total. The number of aliphatic hydroxyl groups is 1. The van der Waals surface area contributed by atoms with Crippen molar-refractivity contribution in [3.8, 4) is 0 Å². The first-order chi connectivity index (χ1) is 12.2. The third-order valence-electron chi connectivity index (χ3n) is 4.60. The number of rotatable bonds is 5. The second-order valence-electron chi connectivity index (χ2n) is 6.39. The van der Waals surface area contributed by atoms with Crippen LogP contribution in [0.1, 0.15) is 13.3 Å². The maximum absolute atomic E-state index is 12.1. The molecule has 0 unspecified atom stereocenters. The first-order valence-corrected chi connectivity index (χ1v) is 8.94. The number of imide groups is 1. The number of carbonyl (C=O) groups excluding carboxylic acids is 3. The number of nitrogens with one attached hydrogen (secondary N) is 2. The van der Waals surface area contributed by atoms with Crippen LogP contribution in [0.4, 0.5) is 0 Å². The summed E-state index contributed by atoms with van der Waals surface area (Å²) in [5.74, 6) is -3.14. The number of β-lactam (4-membered cyclic amide) rings is 1. The smallest absolute Gasteiger partial charge is 0.353 e. The molecule has 0 saturated carbocycles. The molecule has 26 heavy (non-hydrogen) atoms. The van der Waals surface area contributed by atoms with Gasteiger partial charge in [0.05, 0.1) is 36.9 Å². The Bertz CT molecular complexity index is 732. The Morgan fingerprint density at radius 1 is 1.35 bits per heavy atom. The van der Waals surface area contributed by atoms with Crippen molar-refractivity contribution in [3.05, 3.63) is 10.6 Å². The van der Waals surface area contributed by atoms with Crippen LogP contribution in [-0.4, -0.2) is 80.5 Å². The van der Waals surface area contributed by atoms with Crippen molar-refractivity contribution >= 4 is 41.3 Å². The summed E-state index contributed by atoms with van der Waals surface area (Å²) in [6, 6.07) is -0.382. The Hall–Kier alpha value is -2.40. The number of aliphatic hydroxyl groups excluding tert-OH is 1. The molecule has 2 saturated heterocycles. The molecular formula is C15H18N4O6S. The van der Waals surface area contributed by atoms with Crippen LogP contribution in [0.3, 0.4) is 0 Å². The van der Waals surface area contributed by atoms with Crippen LogP contribution < -0.4 is 5.32 Å². The number of thioether (sulfide) groups is 1. The molecule has 3 heterocycles. The minimum Gasteiger partial charge on any atom is -0.477 e. The first kappa shape index (κ1) is 18.4. The van der Waals surface area contributed by atoms with Gasteiger partial charge < -0.3 is 20.0 Å². The first-order valence-electron chi connectivity index (χ1n) is 7.96. The molecule has 0 spiro atoms. The van der Waals surface area contributed by atoms with E-state index in [1.54, 1.807) is 0 Å². The van der Waals surface area contributed by atoms with Crippen molar-refractivity contribution in [2.75, 3.05) is 18.8 Å². The Morgan fingerprint density at radius 3 is 2.50 bits per heavy atom. The van der Waals surface area contributed by atoms with Gasteiger partial charge in [-0.1, -0.05) is 0 Å². The number of nitrogens with zero attached hydrogens (tertiary/aromatic N) is 2. The average molecular weight is 382 g/mol. The molecular weight excluding hydrogens is 364 g/mol. The van der Waals surface area contributed by atoms with E-state index in [1.807, 2.05) is 0 Å². The maximum atomic E-state index is 12.1. The lowest BCUT2D eigenvalue weighted by Crippen LogP contribution is -2.61. The van der Waals surface area contributed by atoms with Crippen LogP contribution in [0, 0.1) is 11.3 Å². The zero-order valence-corrected chi connectivity index (χ0v) is 14.7. The van der Waals surface area contributed by atoms with Gasteiger partial charge in [-0.15, -0.1) is 11.8 Å². The van der Waals surface area contributed by atoms with E-state index in [0.29, 0.717) is 11.3 Å². The molecule has 4 N–H and O–H groups in total. The predicted molar refractivity (Wildman–Crippen MR) is 90.0 cm³/mol. The lowest BCUT2D eigenvalue weighted by Gasteiger charge is -2.44. The van der Waals surface area contributed by atoms with Crippen LogP contribution in [0.5, 0.6) is 0 Å². The number of carboxylic acids is 1. The van der Waals surface area contributed by atoms with E-state index >= 15 is 0 Å². The molecule has 0 aromatic rings. The van der Waals surface area contributed by atoms with Gasteiger partial charge in [-0.3, -0.25) is 25.1 Å². The maximum Gasteiger partial charge on any atom is 0.353 e. The highest BCUT2D eigenvalue weighted by Gasteiger charge is 2.56. The van der Waals surface area contributed by atoms with Gasteiger partial charge in [-0.25, -0.2) is 4.79 Å². The van der Waals surface area contributed by atoms with Crippen LogP contribution >= 0.6 is 11.8 Å². The summed E-state index contributed by atoms with van der Waals surface area (Å²) in [5.41, 5.74) is -0.109. The summed E-state index contributed by atoms with van der Waals surface area (Å²) in [4.78, 5) is 49.4. The molecule has 11 heteroatoms. The normalized spacial score (nSPS) is 26.5. The van der Waals surface area contributed by atoms with Crippen LogP contribution in [0.25, 0.3) is 0 Å². The molecule has 0 radical (unpaired) electrons. The highest BCUT2D eigenvalue weighted by Crippen LogP contribution is 2.46. The standard InChI is InChI=1S/C15H18N4O6S/c1-6(20)12-7-2-8(13(15(24)25)19(7)14(12)23)26-5-9(16)18-3-10(21)17-11(22)4-18/h6-7,12,16,20H,2-5H2,1H3,(H,24,25)(H,17,21,22)/t6-,7-,12-/m1/s1. The molecule has 3 rings (SSSR count). The van der Waals surface area contributed by atoms with Crippen LogP contribution in [-0.2, 0) is 19.2 Å². The number of piperazine rings is 1. The minimum atomic E-state index is -1.23. The van der Waals surface area contributed by atoms with E-state index in [2.05, 4.69) is 5.32 Å². The average Bonchev–Trinajstić information content (AvgIpc) is 2.85. The van der Waals surface area contributed by atoms with Crippen molar-refractivity contribution in [2.45, 2.75) is 25.5 Å². The summed E-state index contributed by atoms with van der Waals surface area (Å²) in [7, 11) is 0. The highest BCUT2D eigenvalue weighted by molar-refractivity contribution is 8.03. The van der Waals surface area contributed by atoms with E-state index in [4.69, 9.17) is 5.41 Å². The Balaban J connectivity index is 1.68. The third-order valence-corrected chi connectivity index (χ3v) is 5.73. The quantitative estimate of drug-likeness (QED) is 0.195. The molecule has 3 atom stereocenters. The molecule has 2 fully saturated rings. The summed E-state index contributed by atoms with van der Waals surface area (Å²) in [5, 5.41) is 29.3. The van der Waals surface area contributed by atoms with Crippen LogP contribution in [0.15, 0.2) is 10.6 Å². The van der Waals surface area contributed by atoms with Gasteiger partial charge in [0.1, 0.15) is 11.5 Å². The molecule has 3 aliphatic heterocycles. The third kappa shape index (κ3) is 3.07. The summed E-state index contributed by atoms with van der Waals surface area (Å²) in [6.07, 6.45) is -0.556. The summed E-state index contributed by atoms with van der Waals surface area (Å²) in [6.45, 7) is 1.29. The molecule has 3 aliphatic rings. The Morgan fingerprint density at radius 2 is 1.96 bits per heavy atom. The Labute approximate surface area is 152 Å². The zero-order chi connectivity index (χ0) is 19.2. The minimum absolute atomic E-state index is 0.0306. The lowest BCUT2D eigenvalue weighted by molar-refractivity contribution is -0.161. The number of hydrogen-bond donors (Lipinski definition) is 4. The number of aliphatic carboxylic acids is 1. The van der Waals surface area contributed by atoms with Crippen molar-refractivity contribution < 1.29 is 29.4 Å². The van der Waals surface area contributed by atoms with Crippen molar-refractivity contribution in [1.29, 1.82) is 5.41 Å². The van der Waals surface area contributed by atoms with Gasteiger partial charge in [0.25, 0.3) is 0 Å². The van der Waals surface area contributed by atoms with Gasteiger partial charge in [0.2, 0.25) is 17.7 Å². The fraction of sp³-hybridized carbons (Fsp3) is 0.533. The summed E-state index contributed by atoms with van der Waals surface area (Å²) < 4.78 is 0. The lowest BCUT2D eigenvalue weighted by atomic mass is 9.83. The number of fused-ring (bicyclic) bond motifs is 1. The van der Waals surface area contributed by atoms with Gasteiger partial charge in [0, 0.05) is 11.3 Å². The monoisotopic (exact) mass is 382 g/mol.